The second-order valence-electron chi connectivity index (χ2n) is 4.98. The lowest BCUT2D eigenvalue weighted by Gasteiger charge is -2.12. The molecule has 0 N–H and O–H groups in total. The van der Waals surface area contributed by atoms with Gasteiger partial charge in [0.2, 0.25) is 0 Å². The monoisotopic (exact) mass is 247 g/mol. The third-order valence-electron chi connectivity index (χ3n) is 3.51. The van der Waals surface area contributed by atoms with Crippen molar-refractivity contribution in [3.8, 4) is 0 Å². The van der Waals surface area contributed by atoms with Gasteiger partial charge in [-0.15, -0.1) is 0 Å². The lowest BCUT2D eigenvalue weighted by molar-refractivity contribution is -0.384. The highest BCUT2D eigenvalue weighted by Crippen LogP contribution is 2.25. The topological polar surface area (TPSA) is 60.2 Å². The number of carbonyl (C=O) groups excluding carboxylic acids is 1. The molecule has 1 saturated carbocycles. The van der Waals surface area contributed by atoms with E-state index in [-0.39, 0.29) is 10.6 Å². The number of benzene rings is 1. The van der Waals surface area contributed by atoms with E-state index in [1.807, 2.05) is 0 Å². The molecule has 0 heterocycles. The number of Topliss-reactive ketones (excluding diaryl/α,β-unsaturated/α-hetero) is 1. The molecule has 0 radical (unpaired) electrons. The Kier molecular flexibility index (Phi) is 4.07. The highest BCUT2D eigenvalue weighted by Gasteiger charge is 2.18. The van der Waals surface area contributed by atoms with Crippen LogP contribution in [0.2, 0.25) is 0 Å². The van der Waals surface area contributed by atoms with E-state index in [2.05, 4.69) is 0 Å². The summed E-state index contributed by atoms with van der Waals surface area (Å²) in [5.41, 5.74) is 1.20. The van der Waals surface area contributed by atoms with Crippen LogP contribution in [0.1, 0.15) is 37.7 Å². The van der Waals surface area contributed by atoms with Gasteiger partial charge < -0.3 is 0 Å². The minimum absolute atomic E-state index is 0.121. The average molecular weight is 247 g/mol. The lowest BCUT2D eigenvalue weighted by Crippen LogP contribution is -2.08. The van der Waals surface area contributed by atoms with Crippen LogP contribution in [0.25, 0.3) is 0 Å². The van der Waals surface area contributed by atoms with Gasteiger partial charge in [0.15, 0.2) is 0 Å². The van der Waals surface area contributed by atoms with Gasteiger partial charge in [0, 0.05) is 25.0 Å². The highest BCUT2D eigenvalue weighted by atomic mass is 16.6. The summed E-state index contributed by atoms with van der Waals surface area (Å²) in [7, 11) is 0. The molecule has 0 aliphatic heterocycles. The molecule has 1 aromatic rings. The van der Waals surface area contributed by atoms with Crippen LogP contribution in [0.4, 0.5) is 5.69 Å². The normalized spacial score (nSPS) is 20.4. The molecule has 1 aliphatic rings. The van der Waals surface area contributed by atoms with Gasteiger partial charge in [0.05, 0.1) is 4.92 Å². The van der Waals surface area contributed by atoms with Gasteiger partial charge in [-0.2, -0.15) is 0 Å². The summed E-state index contributed by atoms with van der Waals surface area (Å²) < 4.78 is 0. The maximum atomic E-state index is 11.5. The molecule has 0 saturated heterocycles. The van der Waals surface area contributed by atoms with E-state index in [1.54, 1.807) is 12.1 Å². The van der Waals surface area contributed by atoms with E-state index in [9.17, 15) is 14.9 Å². The van der Waals surface area contributed by atoms with Gasteiger partial charge in [0.1, 0.15) is 5.78 Å². The van der Waals surface area contributed by atoms with E-state index >= 15 is 0 Å². The van der Waals surface area contributed by atoms with Crippen molar-refractivity contribution in [2.75, 3.05) is 0 Å². The van der Waals surface area contributed by atoms with Crippen molar-refractivity contribution in [2.24, 2.45) is 5.92 Å². The van der Waals surface area contributed by atoms with Crippen molar-refractivity contribution in [3.63, 3.8) is 0 Å². The first kappa shape index (κ1) is 12.7. The lowest BCUT2D eigenvalue weighted by atomic mass is 9.92. The summed E-state index contributed by atoms with van der Waals surface area (Å²) >= 11 is 0. The predicted octanol–water partition coefficient (Wildman–Crippen LogP) is 3.29. The molecule has 0 aromatic heterocycles. The number of nitro groups is 1. The van der Waals surface area contributed by atoms with Gasteiger partial charge in [-0.3, -0.25) is 14.9 Å². The largest absolute Gasteiger partial charge is 0.300 e. The average Bonchev–Trinajstić information content (AvgIpc) is 2.54. The highest BCUT2D eigenvalue weighted by molar-refractivity contribution is 5.78. The van der Waals surface area contributed by atoms with E-state index < -0.39 is 0 Å². The van der Waals surface area contributed by atoms with Crippen molar-refractivity contribution in [1.82, 2.24) is 0 Å². The maximum Gasteiger partial charge on any atom is 0.269 e. The maximum absolute atomic E-state index is 11.5. The molecule has 1 aliphatic carbocycles. The molecule has 2 rings (SSSR count). The Bertz CT molecular complexity index is 439. The van der Waals surface area contributed by atoms with E-state index in [4.69, 9.17) is 0 Å². The second kappa shape index (κ2) is 5.76. The SMILES string of the molecule is O=C1CCCCC(Cc2ccc([N+](=O)[O-])cc2)C1. The van der Waals surface area contributed by atoms with Crippen molar-refractivity contribution >= 4 is 11.5 Å². The summed E-state index contributed by atoms with van der Waals surface area (Å²) in [6.07, 6.45) is 5.44. The summed E-state index contributed by atoms with van der Waals surface area (Å²) in [5, 5.41) is 10.6. The number of ketones is 1. The minimum Gasteiger partial charge on any atom is -0.300 e. The van der Waals surface area contributed by atoms with Crippen molar-refractivity contribution in [2.45, 2.75) is 38.5 Å². The fraction of sp³-hybridized carbons (Fsp3) is 0.500. The molecule has 96 valence electrons. The molecule has 1 unspecified atom stereocenters. The smallest absolute Gasteiger partial charge is 0.269 e. The third-order valence-corrected chi connectivity index (χ3v) is 3.51. The van der Waals surface area contributed by atoms with Crippen LogP contribution in [-0.2, 0) is 11.2 Å². The van der Waals surface area contributed by atoms with Gasteiger partial charge in [0.25, 0.3) is 5.69 Å². The standard InChI is InChI=1S/C14H17NO3/c16-14-4-2-1-3-12(10-14)9-11-5-7-13(8-6-11)15(17)18/h5-8,12H,1-4,9-10H2. The van der Waals surface area contributed by atoms with Gasteiger partial charge >= 0.3 is 0 Å². The van der Waals surface area contributed by atoms with Gasteiger partial charge in [-0.25, -0.2) is 0 Å². The van der Waals surface area contributed by atoms with Crippen LogP contribution < -0.4 is 0 Å². The molecule has 1 atom stereocenters. The molecular weight excluding hydrogens is 230 g/mol. The van der Waals surface area contributed by atoms with Crippen LogP contribution in [-0.4, -0.2) is 10.7 Å². The fourth-order valence-corrected chi connectivity index (χ4v) is 2.54. The van der Waals surface area contributed by atoms with Crippen LogP contribution in [0.3, 0.4) is 0 Å². The third kappa shape index (κ3) is 3.39. The van der Waals surface area contributed by atoms with Crippen LogP contribution in [0.5, 0.6) is 0 Å². The summed E-state index contributed by atoms with van der Waals surface area (Å²) in [4.78, 5) is 21.7. The first-order valence-corrected chi connectivity index (χ1v) is 6.40. The van der Waals surface area contributed by atoms with E-state index in [0.29, 0.717) is 18.1 Å². The number of hydrogen-bond donors (Lipinski definition) is 0. The minimum atomic E-state index is -0.390. The van der Waals surface area contributed by atoms with Crippen LogP contribution in [0.15, 0.2) is 24.3 Å². The Morgan fingerprint density at radius 1 is 1.22 bits per heavy atom. The molecular formula is C14H17NO3. The van der Waals surface area contributed by atoms with Gasteiger partial charge in [-0.1, -0.05) is 18.6 Å². The first-order chi connectivity index (χ1) is 8.65. The molecule has 0 spiro atoms. The fourth-order valence-electron chi connectivity index (χ4n) is 2.54. The summed E-state index contributed by atoms with van der Waals surface area (Å²) in [6, 6.07) is 6.67. The zero-order valence-electron chi connectivity index (χ0n) is 10.3. The van der Waals surface area contributed by atoms with Crippen molar-refractivity contribution < 1.29 is 9.72 Å². The van der Waals surface area contributed by atoms with Crippen LogP contribution >= 0.6 is 0 Å². The van der Waals surface area contributed by atoms with E-state index in [1.165, 1.54) is 12.1 Å². The number of nitrogens with zero attached hydrogens (tertiary/aromatic N) is 1. The van der Waals surface area contributed by atoms with E-state index in [0.717, 1.165) is 37.7 Å². The van der Waals surface area contributed by atoms with Crippen LogP contribution in [0, 0.1) is 16.0 Å². The Hall–Kier alpha value is -1.71. The number of rotatable bonds is 3. The first-order valence-electron chi connectivity index (χ1n) is 6.40. The molecule has 0 bridgehead atoms. The summed E-state index contributed by atoms with van der Waals surface area (Å²) in [5.74, 6) is 0.765. The zero-order chi connectivity index (χ0) is 13.0. The Labute approximate surface area is 106 Å². The molecule has 1 fully saturated rings. The molecule has 0 amide bonds. The quantitative estimate of drug-likeness (QED) is 0.468. The number of carbonyl (C=O) groups is 1. The van der Waals surface area contributed by atoms with Crippen molar-refractivity contribution in [1.29, 1.82) is 0 Å². The molecule has 4 heteroatoms. The Morgan fingerprint density at radius 2 is 1.94 bits per heavy atom. The Balaban J connectivity index is 1.99. The van der Waals surface area contributed by atoms with Crippen molar-refractivity contribution in [3.05, 3.63) is 39.9 Å². The van der Waals surface area contributed by atoms with Gasteiger partial charge in [-0.05, 0) is 30.7 Å². The molecule has 18 heavy (non-hydrogen) atoms. The summed E-state index contributed by atoms with van der Waals surface area (Å²) in [6.45, 7) is 0. The zero-order valence-corrected chi connectivity index (χ0v) is 10.3. The predicted molar refractivity (Wildman–Crippen MR) is 68.4 cm³/mol. The number of hydrogen-bond acceptors (Lipinski definition) is 3. The number of non-ortho nitro benzene ring substituents is 1. The molecule has 4 nitrogen and oxygen atoms in total. The molecule has 1 aromatic carbocycles. The Morgan fingerprint density at radius 3 is 2.61 bits per heavy atom. The number of nitro benzene ring substituents is 1. The second-order valence-corrected chi connectivity index (χ2v) is 4.98.